The van der Waals surface area contributed by atoms with Crippen LogP contribution in [-0.4, -0.2) is 35.4 Å². The van der Waals surface area contributed by atoms with E-state index in [0.29, 0.717) is 11.8 Å². The average molecular weight is 296 g/mol. The highest BCUT2D eigenvalue weighted by molar-refractivity contribution is 6.22. The van der Waals surface area contributed by atoms with Gasteiger partial charge in [0, 0.05) is 11.8 Å². The highest BCUT2D eigenvalue weighted by Gasteiger charge is 2.43. The summed E-state index contributed by atoms with van der Waals surface area (Å²) in [5, 5.41) is 3.02. The standard InChI is InChI=1S/C13H23Cl2NO2/c1-5-13(6-14,7-15)16-12(17)11-8(2)9(3)18-10(11)4/h8-11H,5-7H2,1-4H3,(H,16,17). The lowest BCUT2D eigenvalue weighted by atomic mass is 9.87. The molecule has 0 bridgehead atoms. The zero-order valence-corrected chi connectivity index (χ0v) is 13.0. The molecule has 0 aromatic rings. The molecule has 4 atom stereocenters. The van der Waals surface area contributed by atoms with E-state index in [-0.39, 0.29) is 30.0 Å². The highest BCUT2D eigenvalue weighted by atomic mass is 35.5. The van der Waals surface area contributed by atoms with Crippen molar-refractivity contribution >= 4 is 29.1 Å². The minimum atomic E-state index is -0.508. The van der Waals surface area contributed by atoms with E-state index in [2.05, 4.69) is 5.32 Å². The molecule has 0 radical (unpaired) electrons. The van der Waals surface area contributed by atoms with Crippen molar-refractivity contribution < 1.29 is 9.53 Å². The first-order valence-corrected chi connectivity index (χ1v) is 7.57. The number of carbonyl (C=O) groups excluding carboxylic acids is 1. The molecule has 0 aromatic heterocycles. The lowest BCUT2D eigenvalue weighted by molar-refractivity contribution is -0.128. The van der Waals surface area contributed by atoms with Gasteiger partial charge in [0.2, 0.25) is 5.91 Å². The first-order valence-electron chi connectivity index (χ1n) is 6.50. The van der Waals surface area contributed by atoms with Crippen LogP contribution in [0, 0.1) is 11.8 Å². The van der Waals surface area contributed by atoms with E-state index in [1.165, 1.54) is 0 Å². The molecule has 1 N–H and O–H groups in total. The Morgan fingerprint density at radius 2 is 1.78 bits per heavy atom. The van der Waals surface area contributed by atoms with Crippen LogP contribution >= 0.6 is 23.2 Å². The van der Waals surface area contributed by atoms with E-state index in [0.717, 1.165) is 6.42 Å². The van der Waals surface area contributed by atoms with Crippen molar-refractivity contribution in [2.24, 2.45) is 11.8 Å². The van der Waals surface area contributed by atoms with Gasteiger partial charge in [0.25, 0.3) is 0 Å². The van der Waals surface area contributed by atoms with Gasteiger partial charge >= 0.3 is 0 Å². The normalized spacial score (nSPS) is 32.6. The van der Waals surface area contributed by atoms with Crippen LogP contribution in [0.25, 0.3) is 0 Å². The van der Waals surface area contributed by atoms with Gasteiger partial charge in [-0.05, 0) is 26.2 Å². The Labute approximate surface area is 120 Å². The van der Waals surface area contributed by atoms with Crippen molar-refractivity contribution in [1.82, 2.24) is 5.32 Å². The van der Waals surface area contributed by atoms with Gasteiger partial charge in [-0.25, -0.2) is 0 Å². The van der Waals surface area contributed by atoms with Crippen LogP contribution in [-0.2, 0) is 9.53 Å². The first-order chi connectivity index (χ1) is 8.40. The summed E-state index contributed by atoms with van der Waals surface area (Å²) in [7, 11) is 0. The quantitative estimate of drug-likeness (QED) is 0.792. The number of amides is 1. The van der Waals surface area contributed by atoms with Gasteiger partial charge in [-0.15, -0.1) is 23.2 Å². The summed E-state index contributed by atoms with van der Waals surface area (Å²) in [4.78, 5) is 12.4. The molecule has 5 heteroatoms. The zero-order valence-electron chi connectivity index (χ0n) is 11.5. The Morgan fingerprint density at radius 3 is 2.11 bits per heavy atom. The molecule has 1 heterocycles. The molecule has 0 saturated carbocycles. The third-order valence-corrected chi connectivity index (χ3v) is 5.14. The highest BCUT2D eigenvalue weighted by Crippen LogP contribution is 2.33. The largest absolute Gasteiger partial charge is 0.374 e. The molecular weight excluding hydrogens is 273 g/mol. The summed E-state index contributed by atoms with van der Waals surface area (Å²) in [6, 6.07) is 0. The van der Waals surface area contributed by atoms with Gasteiger partial charge in [0.05, 0.1) is 23.7 Å². The molecule has 1 rings (SSSR count). The summed E-state index contributed by atoms with van der Waals surface area (Å²) in [5.74, 6) is 0.731. The minimum absolute atomic E-state index is 0.00231. The Kier molecular flexibility index (Phi) is 5.75. The molecule has 1 aliphatic heterocycles. The van der Waals surface area contributed by atoms with Crippen LogP contribution in [0.15, 0.2) is 0 Å². The molecule has 106 valence electrons. The van der Waals surface area contributed by atoms with E-state index in [1.54, 1.807) is 0 Å². The molecule has 0 aliphatic carbocycles. The lowest BCUT2D eigenvalue weighted by Gasteiger charge is -2.32. The molecule has 0 aromatic carbocycles. The summed E-state index contributed by atoms with van der Waals surface area (Å²) < 4.78 is 5.70. The SMILES string of the molecule is CCC(CCl)(CCl)NC(=O)C1C(C)OC(C)C1C. The summed E-state index contributed by atoms with van der Waals surface area (Å²) >= 11 is 11.9. The van der Waals surface area contributed by atoms with Crippen molar-refractivity contribution in [3.8, 4) is 0 Å². The predicted molar refractivity (Wildman–Crippen MR) is 75.3 cm³/mol. The first kappa shape index (κ1) is 16.1. The van der Waals surface area contributed by atoms with Crippen molar-refractivity contribution in [1.29, 1.82) is 0 Å². The molecule has 18 heavy (non-hydrogen) atoms. The average Bonchev–Trinajstić information content (AvgIpc) is 2.60. The van der Waals surface area contributed by atoms with Crippen LogP contribution in [0.5, 0.6) is 0 Å². The molecule has 4 unspecified atom stereocenters. The second-order valence-corrected chi connectivity index (χ2v) is 5.86. The van der Waals surface area contributed by atoms with Crippen LogP contribution in [0.2, 0.25) is 0 Å². The van der Waals surface area contributed by atoms with Crippen molar-refractivity contribution in [2.45, 2.75) is 51.9 Å². The number of halogens is 2. The molecule has 1 amide bonds. The number of nitrogens with one attached hydrogen (secondary N) is 1. The lowest BCUT2D eigenvalue weighted by Crippen LogP contribution is -2.54. The zero-order chi connectivity index (χ0) is 13.9. The number of hydrogen-bond donors (Lipinski definition) is 1. The van der Waals surface area contributed by atoms with E-state index >= 15 is 0 Å². The van der Waals surface area contributed by atoms with E-state index in [9.17, 15) is 4.79 Å². The van der Waals surface area contributed by atoms with Crippen LogP contribution in [0.3, 0.4) is 0 Å². The molecule has 0 spiro atoms. The van der Waals surface area contributed by atoms with Crippen molar-refractivity contribution in [2.75, 3.05) is 11.8 Å². The van der Waals surface area contributed by atoms with Gasteiger partial charge < -0.3 is 10.1 Å². The van der Waals surface area contributed by atoms with E-state index in [1.807, 2.05) is 27.7 Å². The maximum Gasteiger partial charge on any atom is 0.226 e. The molecule has 3 nitrogen and oxygen atoms in total. The van der Waals surface area contributed by atoms with Gasteiger partial charge in [0.1, 0.15) is 0 Å². The maximum atomic E-state index is 12.4. The van der Waals surface area contributed by atoms with E-state index in [4.69, 9.17) is 27.9 Å². The van der Waals surface area contributed by atoms with Gasteiger partial charge in [-0.3, -0.25) is 4.79 Å². The van der Waals surface area contributed by atoms with Crippen molar-refractivity contribution in [3.05, 3.63) is 0 Å². The third kappa shape index (κ3) is 3.12. The number of ether oxygens (including phenoxy) is 1. The Hall–Kier alpha value is 0.01000. The van der Waals surface area contributed by atoms with Crippen LogP contribution in [0.4, 0.5) is 0 Å². The number of alkyl halides is 2. The molecule has 1 fully saturated rings. The fraction of sp³-hybridized carbons (Fsp3) is 0.923. The van der Waals surface area contributed by atoms with Crippen molar-refractivity contribution in [3.63, 3.8) is 0 Å². The smallest absolute Gasteiger partial charge is 0.226 e. The summed E-state index contributed by atoms with van der Waals surface area (Å²) in [6.45, 7) is 7.98. The number of rotatable bonds is 5. The Balaban J connectivity index is 2.76. The second-order valence-electron chi connectivity index (χ2n) is 5.32. The second kappa shape index (κ2) is 6.44. The molecule has 1 aliphatic rings. The molecule has 1 saturated heterocycles. The third-order valence-electron chi connectivity index (χ3n) is 4.12. The van der Waals surface area contributed by atoms with Gasteiger partial charge in [-0.1, -0.05) is 13.8 Å². The fourth-order valence-corrected chi connectivity index (χ4v) is 3.24. The summed E-state index contributed by atoms with van der Waals surface area (Å²) in [6.07, 6.45) is 0.770. The number of carbonyl (C=O) groups is 1. The van der Waals surface area contributed by atoms with Gasteiger partial charge in [0.15, 0.2) is 0 Å². The Bertz CT molecular complexity index is 286. The van der Waals surface area contributed by atoms with Crippen LogP contribution in [0.1, 0.15) is 34.1 Å². The minimum Gasteiger partial charge on any atom is -0.374 e. The monoisotopic (exact) mass is 295 g/mol. The molecular formula is C13H23Cl2NO2. The van der Waals surface area contributed by atoms with Crippen LogP contribution < -0.4 is 5.32 Å². The van der Waals surface area contributed by atoms with E-state index < -0.39 is 5.54 Å². The fourth-order valence-electron chi connectivity index (χ4n) is 2.44. The Morgan fingerprint density at radius 1 is 1.22 bits per heavy atom. The predicted octanol–water partition coefficient (Wildman–Crippen LogP) is 2.79. The summed E-state index contributed by atoms with van der Waals surface area (Å²) in [5.41, 5.74) is -0.508. The van der Waals surface area contributed by atoms with Gasteiger partial charge in [-0.2, -0.15) is 0 Å². The maximum absolute atomic E-state index is 12.4. The number of hydrogen-bond acceptors (Lipinski definition) is 2. The topological polar surface area (TPSA) is 38.3 Å².